The van der Waals surface area contributed by atoms with E-state index in [9.17, 15) is 9.18 Å². The average molecular weight is 394 g/mol. The third kappa shape index (κ3) is 4.32. The Morgan fingerprint density at radius 3 is 2.90 bits per heavy atom. The molecular formula is C21H23FN6O. The van der Waals surface area contributed by atoms with Crippen LogP contribution >= 0.6 is 0 Å². The molecule has 0 saturated carbocycles. The molecule has 1 aromatic carbocycles. The third-order valence-corrected chi connectivity index (χ3v) is 5.16. The number of nitrogens with one attached hydrogen (secondary N) is 1. The van der Waals surface area contributed by atoms with Crippen molar-refractivity contribution < 1.29 is 9.18 Å². The molecule has 4 rings (SSSR count). The molecular weight excluding hydrogens is 371 g/mol. The molecule has 3 heterocycles. The smallest absolute Gasteiger partial charge is 0.238 e. The first-order chi connectivity index (χ1) is 14.0. The van der Waals surface area contributed by atoms with E-state index in [-0.39, 0.29) is 24.1 Å². The van der Waals surface area contributed by atoms with Crippen LogP contribution in [0.4, 0.5) is 15.9 Å². The largest absolute Gasteiger partial charge is 0.383 e. The van der Waals surface area contributed by atoms with E-state index in [0.29, 0.717) is 23.8 Å². The van der Waals surface area contributed by atoms with Crippen molar-refractivity contribution in [3.05, 3.63) is 53.7 Å². The van der Waals surface area contributed by atoms with Gasteiger partial charge in [0.25, 0.3) is 0 Å². The van der Waals surface area contributed by atoms with E-state index in [1.165, 1.54) is 6.07 Å². The molecule has 1 amide bonds. The summed E-state index contributed by atoms with van der Waals surface area (Å²) in [5, 5.41) is 3.39. The van der Waals surface area contributed by atoms with Crippen LogP contribution in [0.2, 0.25) is 0 Å². The zero-order chi connectivity index (χ0) is 20.4. The lowest BCUT2D eigenvalue weighted by Gasteiger charge is -2.32. The van der Waals surface area contributed by atoms with Gasteiger partial charge < -0.3 is 11.1 Å². The Hall–Kier alpha value is -3.13. The van der Waals surface area contributed by atoms with Gasteiger partial charge in [0.05, 0.1) is 17.6 Å². The van der Waals surface area contributed by atoms with Crippen LogP contribution in [0.3, 0.4) is 0 Å². The molecule has 2 aromatic heterocycles. The van der Waals surface area contributed by atoms with Crippen molar-refractivity contribution in [2.24, 2.45) is 0 Å². The maximum Gasteiger partial charge on any atom is 0.238 e. The van der Waals surface area contributed by atoms with Gasteiger partial charge in [-0.25, -0.2) is 19.3 Å². The lowest BCUT2D eigenvalue weighted by Crippen LogP contribution is -2.40. The summed E-state index contributed by atoms with van der Waals surface area (Å²) in [6, 6.07) is 10.0. The monoisotopic (exact) mass is 394 g/mol. The van der Waals surface area contributed by atoms with E-state index in [2.05, 4.69) is 20.2 Å². The number of halogens is 1. The number of carbonyl (C=O) groups excluding carboxylic acids is 1. The average Bonchev–Trinajstić information content (AvgIpc) is 2.69. The van der Waals surface area contributed by atoms with Gasteiger partial charge in [0.2, 0.25) is 5.91 Å². The summed E-state index contributed by atoms with van der Waals surface area (Å²) in [6.07, 6.45) is 1.95. The van der Waals surface area contributed by atoms with Crippen molar-refractivity contribution >= 4 is 28.4 Å². The number of nitrogens with zero attached hydrogens (tertiary/aromatic N) is 4. The molecule has 7 nitrogen and oxygen atoms in total. The molecule has 1 aliphatic rings. The van der Waals surface area contributed by atoms with Gasteiger partial charge in [0.1, 0.15) is 17.5 Å². The molecule has 1 fully saturated rings. The van der Waals surface area contributed by atoms with Gasteiger partial charge in [-0.15, -0.1) is 0 Å². The van der Waals surface area contributed by atoms with E-state index >= 15 is 0 Å². The first-order valence-electron chi connectivity index (χ1n) is 9.67. The van der Waals surface area contributed by atoms with Crippen molar-refractivity contribution in [3.8, 4) is 0 Å². The second-order valence-electron chi connectivity index (χ2n) is 7.37. The number of rotatable bonds is 4. The number of anilines is 2. The highest BCUT2D eigenvalue weighted by molar-refractivity contribution is 5.92. The minimum absolute atomic E-state index is 0.200. The topological polar surface area (TPSA) is 97.0 Å². The maximum atomic E-state index is 13.7. The molecule has 0 aliphatic carbocycles. The molecule has 1 saturated heterocycles. The lowest BCUT2D eigenvalue weighted by atomic mass is 9.94. The minimum atomic E-state index is -0.436. The number of nitrogens with two attached hydrogens (primary N) is 1. The third-order valence-electron chi connectivity index (χ3n) is 5.16. The highest BCUT2D eigenvalue weighted by atomic mass is 19.1. The molecule has 29 heavy (non-hydrogen) atoms. The summed E-state index contributed by atoms with van der Waals surface area (Å²) >= 11 is 0. The Kier molecular flexibility index (Phi) is 5.35. The molecule has 0 radical (unpaired) electrons. The Bertz CT molecular complexity index is 1060. The van der Waals surface area contributed by atoms with Gasteiger partial charge in [-0.2, -0.15) is 0 Å². The molecule has 3 aromatic rings. The molecule has 3 N–H and O–H groups in total. The Balaban J connectivity index is 1.45. The second-order valence-corrected chi connectivity index (χ2v) is 7.37. The van der Waals surface area contributed by atoms with Crippen LogP contribution in [-0.4, -0.2) is 45.4 Å². The standard InChI is InChI=1S/C21H23FN6O/c1-13-24-20(23)15-8-9-17(27-21(15)25-13)14-5-4-10-28(11-14)12-19(29)26-18-7-3-2-6-16(18)22/h2-3,6-9,14H,4-5,10-12H2,1H3,(H,26,29)(H2,23,24,25,27)/t14-/m1/s1. The number of piperidine rings is 1. The summed E-state index contributed by atoms with van der Waals surface area (Å²) < 4.78 is 13.7. The lowest BCUT2D eigenvalue weighted by molar-refractivity contribution is -0.117. The van der Waals surface area contributed by atoms with E-state index < -0.39 is 5.82 Å². The molecule has 0 bridgehead atoms. The van der Waals surface area contributed by atoms with E-state index in [0.717, 1.165) is 30.5 Å². The van der Waals surface area contributed by atoms with Crippen molar-refractivity contribution in [1.82, 2.24) is 19.9 Å². The number of nitrogen functional groups attached to an aromatic ring is 1. The van der Waals surface area contributed by atoms with Crippen molar-refractivity contribution in [2.75, 3.05) is 30.7 Å². The van der Waals surface area contributed by atoms with Crippen LogP contribution in [0.5, 0.6) is 0 Å². The van der Waals surface area contributed by atoms with Crippen LogP contribution in [0.15, 0.2) is 36.4 Å². The number of pyridine rings is 1. The molecule has 150 valence electrons. The van der Waals surface area contributed by atoms with Gasteiger partial charge in [-0.3, -0.25) is 9.69 Å². The van der Waals surface area contributed by atoms with E-state index in [1.807, 2.05) is 12.1 Å². The number of likely N-dealkylation sites (tertiary alicyclic amines) is 1. The number of benzene rings is 1. The number of amides is 1. The van der Waals surface area contributed by atoms with Crippen molar-refractivity contribution in [3.63, 3.8) is 0 Å². The van der Waals surface area contributed by atoms with Crippen molar-refractivity contribution in [1.29, 1.82) is 0 Å². The van der Waals surface area contributed by atoms with E-state index in [4.69, 9.17) is 10.7 Å². The van der Waals surface area contributed by atoms with Crippen molar-refractivity contribution in [2.45, 2.75) is 25.7 Å². The summed E-state index contributed by atoms with van der Waals surface area (Å²) in [6.45, 7) is 3.54. The van der Waals surface area contributed by atoms with Gasteiger partial charge in [-0.05, 0) is 50.6 Å². The predicted octanol–water partition coefficient (Wildman–Crippen LogP) is 2.87. The Labute approximate surface area is 168 Å². The Morgan fingerprint density at radius 1 is 1.24 bits per heavy atom. The number of para-hydroxylation sites is 1. The quantitative estimate of drug-likeness (QED) is 0.706. The van der Waals surface area contributed by atoms with Gasteiger partial charge in [0, 0.05) is 18.2 Å². The van der Waals surface area contributed by atoms with E-state index in [1.54, 1.807) is 25.1 Å². The normalized spacial score (nSPS) is 17.4. The number of carbonyl (C=O) groups is 1. The SMILES string of the molecule is Cc1nc(N)c2ccc([C@@H]3CCCN(CC(=O)Nc4ccccc4F)C3)nc2n1. The molecule has 8 heteroatoms. The second kappa shape index (κ2) is 8.08. The fourth-order valence-corrected chi connectivity index (χ4v) is 3.78. The summed E-state index contributed by atoms with van der Waals surface area (Å²) in [4.78, 5) is 27.7. The molecule has 0 unspecified atom stereocenters. The number of fused-ring (bicyclic) bond motifs is 1. The summed E-state index contributed by atoms with van der Waals surface area (Å²) in [5.74, 6) is 0.565. The highest BCUT2D eigenvalue weighted by Gasteiger charge is 2.24. The van der Waals surface area contributed by atoms with Gasteiger partial charge >= 0.3 is 0 Å². The number of hydrogen-bond donors (Lipinski definition) is 2. The fraction of sp³-hybridized carbons (Fsp3) is 0.333. The van der Waals surface area contributed by atoms with Gasteiger partial charge in [0.15, 0.2) is 5.65 Å². The van der Waals surface area contributed by atoms with Crippen LogP contribution in [-0.2, 0) is 4.79 Å². The first kappa shape index (κ1) is 19.2. The zero-order valence-corrected chi connectivity index (χ0v) is 16.2. The van der Waals surface area contributed by atoms with Gasteiger partial charge in [-0.1, -0.05) is 12.1 Å². The maximum absolute atomic E-state index is 13.7. The molecule has 1 aliphatic heterocycles. The minimum Gasteiger partial charge on any atom is -0.383 e. The first-order valence-corrected chi connectivity index (χ1v) is 9.67. The number of aromatic nitrogens is 3. The Morgan fingerprint density at radius 2 is 2.07 bits per heavy atom. The number of hydrogen-bond acceptors (Lipinski definition) is 6. The zero-order valence-electron chi connectivity index (χ0n) is 16.2. The van der Waals surface area contributed by atoms with Crippen LogP contribution in [0.25, 0.3) is 11.0 Å². The summed E-state index contributed by atoms with van der Waals surface area (Å²) in [5.41, 5.74) is 7.71. The summed E-state index contributed by atoms with van der Waals surface area (Å²) in [7, 11) is 0. The van der Waals surface area contributed by atoms with Crippen LogP contribution in [0, 0.1) is 12.7 Å². The predicted molar refractivity (Wildman–Crippen MR) is 110 cm³/mol. The number of aryl methyl sites for hydroxylation is 1. The molecule has 1 atom stereocenters. The highest BCUT2D eigenvalue weighted by Crippen LogP contribution is 2.27. The fourth-order valence-electron chi connectivity index (χ4n) is 3.78. The van der Waals surface area contributed by atoms with Crippen LogP contribution < -0.4 is 11.1 Å². The van der Waals surface area contributed by atoms with Crippen LogP contribution in [0.1, 0.15) is 30.3 Å². The molecule has 0 spiro atoms.